The average Bonchev–Trinajstić information content (AvgIpc) is 3.82. The van der Waals surface area contributed by atoms with Crippen molar-refractivity contribution in [1.29, 1.82) is 0 Å². The Morgan fingerprint density at radius 1 is 0.491 bits per heavy atom. The summed E-state index contributed by atoms with van der Waals surface area (Å²) in [6.45, 7) is 15.7. The Bertz CT molecular complexity index is 1280. The van der Waals surface area contributed by atoms with Crippen molar-refractivity contribution in [1.82, 2.24) is 25.6 Å². The Morgan fingerprint density at radius 2 is 0.717 bits per heavy atom. The second-order valence-corrected chi connectivity index (χ2v) is 15.5. The Kier molecular flexibility index (Phi) is 21.5. The van der Waals surface area contributed by atoms with E-state index in [0.29, 0.717) is 45.1 Å². The fourth-order valence-electron chi connectivity index (χ4n) is 5.47. The molecule has 3 aliphatic heterocycles. The minimum atomic E-state index is -1.03. The number of nitrogens with two attached hydrogens (primary N) is 2. The lowest BCUT2D eigenvalue weighted by atomic mass is 9.90. The summed E-state index contributed by atoms with van der Waals surface area (Å²) in [7, 11) is 0. The van der Waals surface area contributed by atoms with Crippen LogP contribution in [0.5, 0.6) is 0 Å². The molecule has 17 heteroatoms. The molecule has 3 fully saturated rings. The normalized spacial score (nSPS) is 19.3. The van der Waals surface area contributed by atoms with Gasteiger partial charge < -0.3 is 19.8 Å². The van der Waals surface area contributed by atoms with Crippen molar-refractivity contribution in [3.63, 3.8) is 0 Å². The van der Waals surface area contributed by atoms with Crippen LogP contribution >= 0.6 is 0 Å². The zero-order valence-electron chi connectivity index (χ0n) is 30.7. The molecule has 0 saturated carbocycles. The van der Waals surface area contributed by atoms with Gasteiger partial charge in [0.2, 0.25) is 17.3 Å². The molecule has 3 saturated heterocycles. The van der Waals surface area contributed by atoms with E-state index in [4.69, 9.17) is 5.11 Å². The summed E-state index contributed by atoms with van der Waals surface area (Å²) in [6.07, 6.45) is 2.95. The lowest BCUT2D eigenvalue weighted by Gasteiger charge is -2.28. The standard InChI is InChI=1S/C22H34N4O6.C11H17NO4.3CH4.H4N2/c1-21(2,3)15(27)19(31)25-11-7-9-13(25)17(29)23-24-18(30)14-10-8-12-26(14)20(32)16(28)22(4,5)6;1-11(2,3)8(13)9(14)12-6-4-5-7(12)10(15)16;;;;1-2/h13-14H,7-12H2,1-6H3,(H,23,29)(H,24,30);7H,4-6H2,1-3H3,(H,15,16);3*1H4;1-2H2/t13-,14?;7-;;;;/m00..../s1. The SMILES string of the molecule is C.C.C.CC(C)(C)C(=O)C(=O)N1CCCC1C(=O)NNC(=O)[C@@H]1CCCN1C(=O)C(=O)C(C)(C)C.CC(C)(C)C(=O)C(=O)N1CCC[C@H]1C(=O)O.NN. The molecular formula is C36H67N7O10. The predicted octanol–water partition coefficient (Wildman–Crippen LogP) is 1.75. The first-order valence-electron chi connectivity index (χ1n) is 16.6. The third-order valence-electron chi connectivity index (χ3n) is 8.37. The van der Waals surface area contributed by atoms with Crippen molar-refractivity contribution >= 4 is 52.9 Å². The maximum Gasteiger partial charge on any atom is 0.326 e. The lowest BCUT2D eigenvalue weighted by molar-refractivity contribution is -0.154. The van der Waals surface area contributed by atoms with Crippen molar-refractivity contribution in [2.45, 2.75) is 141 Å². The summed E-state index contributed by atoms with van der Waals surface area (Å²) in [5.74, 6) is 1.98. The van der Waals surface area contributed by atoms with Gasteiger partial charge in [0.05, 0.1) is 0 Å². The number of amides is 5. The number of carboxylic acid groups (broad SMARTS) is 1. The molecule has 1 unspecified atom stereocenters. The second-order valence-electron chi connectivity index (χ2n) is 15.5. The molecule has 7 N–H and O–H groups in total. The van der Waals surface area contributed by atoms with Gasteiger partial charge in [0.15, 0.2) is 0 Å². The van der Waals surface area contributed by atoms with Gasteiger partial charge >= 0.3 is 5.97 Å². The summed E-state index contributed by atoms with van der Waals surface area (Å²) in [6, 6.07) is -2.56. The van der Waals surface area contributed by atoms with Crippen LogP contribution < -0.4 is 22.5 Å². The topological polar surface area (TPSA) is 260 Å². The maximum atomic E-state index is 12.6. The van der Waals surface area contributed by atoms with E-state index in [1.165, 1.54) is 14.7 Å². The third kappa shape index (κ3) is 13.9. The van der Waals surface area contributed by atoms with E-state index in [2.05, 4.69) is 22.5 Å². The van der Waals surface area contributed by atoms with Crippen LogP contribution in [0.1, 0.15) is 123 Å². The Labute approximate surface area is 315 Å². The molecule has 0 bridgehead atoms. The number of carboxylic acids is 1. The second kappa shape index (κ2) is 21.5. The molecular weight excluding hydrogens is 690 g/mol. The van der Waals surface area contributed by atoms with Crippen LogP contribution in [0.25, 0.3) is 0 Å². The van der Waals surface area contributed by atoms with Gasteiger partial charge in [-0.15, -0.1) is 0 Å². The molecule has 3 atom stereocenters. The summed E-state index contributed by atoms with van der Waals surface area (Å²) < 4.78 is 0. The molecule has 0 aliphatic carbocycles. The predicted molar refractivity (Wildman–Crippen MR) is 200 cm³/mol. The van der Waals surface area contributed by atoms with E-state index >= 15 is 0 Å². The average molecular weight is 758 g/mol. The molecule has 53 heavy (non-hydrogen) atoms. The Balaban J connectivity index is -0.00000101. The van der Waals surface area contributed by atoms with Crippen LogP contribution in [0.4, 0.5) is 0 Å². The molecule has 0 radical (unpaired) electrons. The highest BCUT2D eigenvalue weighted by atomic mass is 16.4. The zero-order valence-corrected chi connectivity index (χ0v) is 30.7. The molecule has 0 aromatic heterocycles. The number of hydrogen-bond donors (Lipinski definition) is 5. The van der Waals surface area contributed by atoms with Crippen molar-refractivity contribution < 1.29 is 48.3 Å². The molecule has 0 aromatic carbocycles. The van der Waals surface area contributed by atoms with Gasteiger partial charge in [0.25, 0.3) is 29.5 Å². The number of ketones is 3. The number of hydrogen-bond acceptors (Lipinski definition) is 11. The number of nitrogens with one attached hydrogen (secondary N) is 2. The molecule has 17 nitrogen and oxygen atoms in total. The highest BCUT2D eigenvalue weighted by Gasteiger charge is 2.43. The van der Waals surface area contributed by atoms with Crippen LogP contribution in [0.2, 0.25) is 0 Å². The molecule has 3 rings (SSSR count). The quantitative estimate of drug-likeness (QED) is 0.148. The van der Waals surface area contributed by atoms with Gasteiger partial charge in [0, 0.05) is 35.9 Å². The largest absolute Gasteiger partial charge is 0.480 e. The molecule has 0 spiro atoms. The number of nitrogens with zero attached hydrogens (tertiary/aromatic N) is 3. The van der Waals surface area contributed by atoms with Gasteiger partial charge in [-0.2, -0.15) is 0 Å². The summed E-state index contributed by atoms with van der Waals surface area (Å²) in [4.78, 5) is 113. The van der Waals surface area contributed by atoms with Crippen LogP contribution in [-0.4, -0.2) is 110 Å². The van der Waals surface area contributed by atoms with E-state index in [1.54, 1.807) is 62.3 Å². The number of hydrazine groups is 2. The Hall–Kier alpha value is -4.25. The van der Waals surface area contributed by atoms with Crippen molar-refractivity contribution in [2.24, 2.45) is 27.9 Å². The highest BCUT2D eigenvalue weighted by molar-refractivity contribution is 6.39. The van der Waals surface area contributed by atoms with Crippen LogP contribution in [0, 0.1) is 16.2 Å². The van der Waals surface area contributed by atoms with Gasteiger partial charge in [-0.1, -0.05) is 84.6 Å². The molecule has 3 heterocycles. The van der Waals surface area contributed by atoms with E-state index in [1.807, 2.05) is 0 Å². The van der Waals surface area contributed by atoms with Crippen LogP contribution in [-0.2, 0) is 43.2 Å². The van der Waals surface area contributed by atoms with Gasteiger partial charge in [-0.05, 0) is 38.5 Å². The third-order valence-corrected chi connectivity index (χ3v) is 8.37. The Morgan fingerprint density at radius 3 is 0.943 bits per heavy atom. The van der Waals surface area contributed by atoms with Crippen LogP contribution in [0.3, 0.4) is 0 Å². The van der Waals surface area contributed by atoms with Crippen LogP contribution in [0.15, 0.2) is 0 Å². The summed E-state index contributed by atoms with van der Waals surface area (Å²) >= 11 is 0. The highest BCUT2D eigenvalue weighted by Crippen LogP contribution is 2.25. The first-order chi connectivity index (χ1) is 22.9. The molecule has 5 amide bonds. The maximum absolute atomic E-state index is 12.6. The minimum Gasteiger partial charge on any atom is -0.480 e. The summed E-state index contributed by atoms with van der Waals surface area (Å²) in [5, 5.41) is 8.91. The number of Topliss-reactive ketones (excluding diaryl/α,β-unsaturated/α-hetero) is 3. The van der Waals surface area contributed by atoms with E-state index in [9.17, 15) is 43.2 Å². The number of rotatable bonds is 6. The number of likely N-dealkylation sites (tertiary alicyclic amines) is 3. The van der Waals surface area contributed by atoms with E-state index in [0.717, 1.165) is 0 Å². The zero-order chi connectivity index (χ0) is 38.9. The first-order valence-corrected chi connectivity index (χ1v) is 16.6. The number of carbonyl (C=O) groups is 9. The van der Waals surface area contributed by atoms with E-state index < -0.39 is 87.2 Å². The fraction of sp³-hybridized carbons (Fsp3) is 0.750. The van der Waals surface area contributed by atoms with Gasteiger partial charge in [-0.3, -0.25) is 60.9 Å². The van der Waals surface area contributed by atoms with E-state index in [-0.39, 0.29) is 35.4 Å². The first kappa shape index (κ1) is 53.1. The minimum absolute atomic E-state index is 0. The summed E-state index contributed by atoms with van der Waals surface area (Å²) in [5.41, 5.74) is 2.14. The van der Waals surface area contributed by atoms with Crippen molar-refractivity contribution in [3.8, 4) is 0 Å². The van der Waals surface area contributed by atoms with Crippen molar-refractivity contribution in [2.75, 3.05) is 19.6 Å². The van der Waals surface area contributed by atoms with Crippen molar-refractivity contribution in [3.05, 3.63) is 0 Å². The number of aliphatic carboxylic acids is 1. The smallest absolute Gasteiger partial charge is 0.326 e. The number of carbonyl (C=O) groups excluding carboxylic acids is 8. The molecule has 0 aromatic rings. The lowest BCUT2D eigenvalue weighted by Crippen LogP contribution is -2.57. The van der Waals surface area contributed by atoms with Gasteiger partial charge in [-0.25, -0.2) is 4.79 Å². The molecule has 3 aliphatic rings. The molecule has 306 valence electrons. The van der Waals surface area contributed by atoms with Gasteiger partial charge in [0.1, 0.15) is 18.1 Å². The fourth-order valence-corrected chi connectivity index (χ4v) is 5.47. The monoisotopic (exact) mass is 757 g/mol.